The van der Waals surface area contributed by atoms with Crippen LogP contribution in [0.25, 0.3) is 0 Å². The van der Waals surface area contributed by atoms with Crippen molar-refractivity contribution in [2.75, 3.05) is 13.9 Å². The highest BCUT2D eigenvalue weighted by Crippen LogP contribution is 2.51. The van der Waals surface area contributed by atoms with Gasteiger partial charge in [-0.25, -0.2) is 4.79 Å². The van der Waals surface area contributed by atoms with Crippen molar-refractivity contribution in [2.45, 2.75) is 75.6 Å². The normalized spacial score (nSPS) is 37.4. The van der Waals surface area contributed by atoms with Gasteiger partial charge in [-0.05, 0) is 45.4 Å². The van der Waals surface area contributed by atoms with Crippen molar-refractivity contribution >= 4 is 6.09 Å². The van der Waals surface area contributed by atoms with Crippen molar-refractivity contribution in [3.8, 4) is 11.5 Å². The Balaban J connectivity index is 1.60. The van der Waals surface area contributed by atoms with Gasteiger partial charge in [-0.15, -0.1) is 0 Å². The summed E-state index contributed by atoms with van der Waals surface area (Å²) in [5, 5.41) is 2.96. The van der Waals surface area contributed by atoms with Gasteiger partial charge in [0.15, 0.2) is 23.1 Å². The van der Waals surface area contributed by atoms with E-state index in [1.807, 2.05) is 45.9 Å². The fraction of sp³-hybridized carbons (Fsp3) is 0.667. The molecule has 0 spiro atoms. The molecule has 6 atom stereocenters. The van der Waals surface area contributed by atoms with Crippen LogP contribution in [0.2, 0.25) is 0 Å². The topological polar surface area (TPSA) is 93.7 Å². The molecule has 1 aliphatic carbocycles. The summed E-state index contributed by atoms with van der Waals surface area (Å²) in [7, 11) is 1.34. The van der Waals surface area contributed by atoms with E-state index < -0.39 is 35.9 Å². The maximum absolute atomic E-state index is 12.3. The van der Waals surface area contributed by atoms with Crippen LogP contribution >= 0.6 is 0 Å². The van der Waals surface area contributed by atoms with E-state index in [4.69, 9.17) is 33.2 Å². The van der Waals surface area contributed by atoms with E-state index in [1.165, 1.54) is 7.11 Å². The molecule has 0 bridgehead atoms. The fourth-order valence-corrected chi connectivity index (χ4v) is 4.99. The maximum atomic E-state index is 12.3. The average molecular weight is 421 g/mol. The van der Waals surface area contributed by atoms with Gasteiger partial charge < -0.3 is 38.5 Å². The predicted octanol–water partition coefficient (Wildman–Crippen LogP) is 2.28. The molecule has 0 radical (unpaired) electrons. The van der Waals surface area contributed by atoms with Gasteiger partial charge in [0.1, 0.15) is 18.3 Å². The fourth-order valence-electron chi connectivity index (χ4n) is 4.99. The molecule has 9 heteroatoms. The third-order valence-corrected chi connectivity index (χ3v) is 6.00. The van der Waals surface area contributed by atoms with Crippen molar-refractivity contribution < 1.29 is 38.0 Å². The lowest BCUT2D eigenvalue weighted by Gasteiger charge is -2.43. The molecule has 1 aromatic carbocycles. The van der Waals surface area contributed by atoms with Crippen molar-refractivity contribution in [1.82, 2.24) is 5.32 Å². The number of ether oxygens (including phenoxy) is 7. The molecule has 1 N–H and O–H groups in total. The highest BCUT2D eigenvalue weighted by atomic mass is 16.8. The molecule has 30 heavy (non-hydrogen) atoms. The molecule has 1 saturated carbocycles. The minimum atomic E-state index is -0.824. The Kier molecular flexibility index (Phi) is 4.45. The molecule has 1 aromatic rings. The molecule has 9 nitrogen and oxygen atoms in total. The molecule has 164 valence electrons. The Bertz CT molecular complexity index is 855. The molecule has 3 aliphatic heterocycles. The van der Waals surface area contributed by atoms with Crippen molar-refractivity contribution in [3.63, 3.8) is 0 Å². The summed E-state index contributed by atoms with van der Waals surface area (Å²) in [5.74, 6) is -0.568. The number of methoxy groups -OCH3 is 1. The third kappa shape index (κ3) is 3.20. The van der Waals surface area contributed by atoms with Crippen LogP contribution in [0.1, 0.15) is 39.2 Å². The summed E-state index contributed by atoms with van der Waals surface area (Å²) in [6, 6.07) is 5.27. The van der Waals surface area contributed by atoms with Crippen LogP contribution in [0, 0.1) is 0 Å². The second-order valence-corrected chi connectivity index (χ2v) is 8.93. The second kappa shape index (κ2) is 6.71. The molecule has 3 heterocycles. The summed E-state index contributed by atoms with van der Waals surface area (Å²) < 4.78 is 41.0. The lowest BCUT2D eigenvalue weighted by molar-refractivity contribution is -0.176. The van der Waals surface area contributed by atoms with Gasteiger partial charge in [-0.1, -0.05) is 6.07 Å². The van der Waals surface area contributed by atoms with Gasteiger partial charge in [0.2, 0.25) is 6.79 Å². The number of fused-ring (bicyclic) bond motifs is 4. The number of carbonyl (C=O) groups is 1. The molecular weight excluding hydrogens is 394 g/mol. The van der Waals surface area contributed by atoms with E-state index in [0.29, 0.717) is 11.5 Å². The molecule has 5 rings (SSSR count). The predicted molar refractivity (Wildman–Crippen MR) is 102 cm³/mol. The van der Waals surface area contributed by atoms with Gasteiger partial charge in [0, 0.05) is 5.92 Å². The number of hydrogen-bond acceptors (Lipinski definition) is 8. The molecule has 3 fully saturated rings. The van der Waals surface area contributed by atoms with E-state index in [1.54, 1.807) is 0 Å². The van der Waals surface area contributed by atoms with E-state index in [2.05, 4.69) is 5.32 Å². The second-order valence-electron chi connectivity index (χ2n) is 8.93. The quantitative estimate of drug-likeness (QED) is 0.777. The van der Waals surface area contributed by atoms with Gasteiger partial charge in [-0.3, -0.25) is 0 Å². The summed E-state index contributed by atoms with van der Waals surface area (Å²) in [6.07, 6.45) is -2.14. The molecular formula is C21H27NO8. The van der Waals surface area contributed by atoms with Crippen LogP contribution in [-0.2, 0) is 23.7 Å². The molecule has 1 unspecified atom stereocenters. The molecule has 0 aromatic heterocycles. The van der Waals surface area contributed by atoms with Crippen LogP contribution in [0.3, 0.4) is 0 Å². The number of nitrogens with one attached hydrogen (secondary N) is 1. The van der Waals surface area contributed by atoms with Gasteiger partial charge >= 0.3 is 6.09 Å². The SMILES string of the molecule is COC(=O)N[C@@H]1C(c2ccc3c(c2)OCO3)[C@H]2OC(C)(C)O[C@H]2[C@H]2OC(C)(C)O[C@H]21. The smallest absolute Gasteiger partial charge is 0.407 e. The first-order valence-electron chi connectivity index (χ1n) is 10.1. The summed E-state index contributed by atoms with van der Waals surface area (Å²) >= 11 is 0. The first-order chi connectivity index (χ1) is 14.2. The number of amides is 1. The zero-order valence-electron chi connectivity index (χ0n) is 17.7. The van der Waals surface area contributed by atoms with Crippen molar-refractivity contribution in [2.24, 2.45) is 0 Å². The highest BCUT2D eigenvalue weighted by molar-refractivity contribution is 5.68. The Morgan fingerprint density at radius 2 is 1.53 bits per heavy atom. The van der Waals surface area contributed by atoms with Crippen molar-refractivity contribution in [1.29, 1.82) is 0 Å². The van der Waals surface area contributed by atoms with E-state index in [0.717, 1.165) is 5.56 Å². The zero-order chi connectivity index (χ0) is 21.3. The zero-order valence-corrected chi connectivity index (χ0v) is 17.7. The Morgan fingerprint density at radius 1 is 0.933 bits per heavy atom. The number of carbonyl (C=O) groups excluding carboxylic acids is 1. The number of alkyl carbamates (subject to hydrolysis) is 1. The molecule has 2 saturated heterocycles. The van der Waals surface area contributed by atoms with Crippen LogP contribution in [0.15, 0.2) is 18.2 Å². The highest BCUT2D eigenvalue weighted by Gasteiger charge is 2.64. The lowest BCUT2D eigenvalue weighted by atomic mass is 9.73. The Morgan fingerprint density at radius 3 is 2.23 bits per heavy atom. The minimum Gasteiger partial charge on any atom is -0.454 e. The van der Waals surface area contributed by atoms with Gasteiger partial charge in [0.05, 0.1) is 19.3 Å². The summed E-state index contributed by atoms with van der Waals surface area (Å²) in [6.45, 7) is 7.64. The Hall–Kier alpha value is -2.07. The summed E-state index contributed by atoms with van der Waals surface area (Å²) in [5.41, 5.74) is 0.920. The summed E-state index contributed by atoms with van der Waals surface area (Å²) in [4.78, 5) is 12.3. The average Bonchev–Trinajstić information content (AvgIpc) is 3.35. The molecule has 1 amide bonds. The largest absolute Gasteiger partial charge is 0.454 e. The first kappa shape index (κ1) is 19.9. The van der Waals surface area contributed by atoms with Crippen LogP contribution in [0.4, 0.5) is 4.79 Å². The van der Waals surface area contributed by atoms with Gasteiger partial charge in [-0.2, -0.15) is 0 Å². The van der Waals surface area contributed by atoms with Crippen LogP contribution in [0.5, 0.6) is 11.5 Å². The minimum absolute atomic E-state index is 0.182. The van der Waals surface area contributed by atoms with E-state index in [-0.39, 0.29) is 24.9 Å². The monoisotopic (exact) mass is 421 g/mol. The lowest BCUT2D eigenvalue weighted by Crippen LogP contribution is -2.63. The number of hydrogen-bond donors (Lipinski definition) is 1. The number of rotatable bonds is 2. The Labute approximate surface area is 174 Å². The maximum Gasteiger partial charge on any atom is 0.407 e. The first-order valence-corrected chi connectivity index (χ1v) is 10.1. The standard InChI is InChI=1S/C21H27NO8/c1-20(2)27-15-13(10-6-7-11-12(8-10)26-9-25-11)14(22-19(23)24-5)16-18(17(15)29-20)30-21(3,4)28-16/h6-8,13-18H,9H2,1-5H3,(H,22,23)/t13?,14-,15-,16+,17-,18+/m1/s1. The van der Waals surface area contributed by atoms with Crippen LogP contribution in [-0.4, -0.2) is 62.0 Å². The van der Waals surface area contributed by atoms with Crippen LogP contribution < -0.4 is 14.8 Å². The van der Waals surface area contributed by atoms with Crippen molar-refractivity contribution in [3.05, 3.63) is 23.8 Å². The third-order valence-electron chi connectivity index (χ3n) is 6.00. The van der Waals surface area contributed by atoms with E-state index in [9.17, 15) is 4.79 Å². The van der Waals surface area contributed by atoms with E-state index >= 15 is 0 Å². The number of benzene rings is 1. The van der Waals surface area contributed by atoms with Gasteiger partial charge in [0.25, 0.3) is 0 Å². The molecule has 4 aliphatic rings.